The van der Waals surface area contributed by atoms with Crippen molar-refractivity contribution in [1.29, 1.82) is 0 Å². The number of hydrogen-bond donors (Lipinski definition) is 0. The number of aromatic nitrogens is 2. The second-order valence-corrected chi connectivity index (χ2v) is 3.74. The molecule has 82 valence electrons. The third-order valence-electron chi connectivity index (χ3n) is 2.17. The summed E-state index contributed by atoms with van der Waals surface area (Å²) < 4.78 is 5.26. The smallest absolute Gasteiger partial charge is 0.164 e. The van der Waals surface area contributed by atoms with Gasteiger partial charge in [-0.15, -0.1) is 0 Å². The van der Waals surface area contributed by atoms with Crippen LogP contribution < -0.4 is 4.74 Å². The van der Waals surface area contributed by atoms with Crippen molar-refractivity contribution in [2.75, 3.05) is 7.11 Å². The third kappa shape index (κ3) is 2.14. The average Bonchev–Trinajstić information content (AvgIpc) is 2.27. The lowest BCUT2D eigenvalue weighted by Gasteiger charge is -2.07. The van der Waals surface area contributed by atoms with E-state index in [2.05, 4.69) is 9.97 Å². The maximum absolute atomic E-state index is 5.90. The number of benzene rings is 1. The van der Waals surface area contributed by atoms with Crippen molar-refractivity contribution in [2.24, 2.45) is 0 Å². The molecule has 16 heavy (non-hydrogen) atoms. The zero-order valence-corrected chi connectivity index (χ0v) is 9.82. The number of rotatable bonds is 2. The first-order chi connectivity index (χ1) is 7.70. The van der Waals surface area contributed by atoms with Crippen LogP contribution in [0.15, 0.2) is 30.3 Å². The molecule has 0 atom stereocenters. The van der Waals surface area contributed by atoms with Gasteiger partial charge in [0.2, 0.25) is 0 Å². The van der Waals surface area contributed by atoms with Gasteiger partial charge < -0.3 is 4.74 Å². The van der Waals surface area contributed by atoms with Crippen molar-refractivity contribution >= 4 is 11.6 Å². The van der Waals surface area contributed by atoms with Crippen LogP contribution in [0.3, 0.4) is 0 Å². The van der Waals surface area contributed by atoms with Crippen molar-refractivity contribution in [3.63, 3.8) is 0 Å². The Labute approximate surface area is 99.1 Å². The molecular weight excluding hydrogens is 224 g/mol. The molecule has 0 saturated heterocycles. The van der Waals surface area contributed by atoms with Crippen LogP contribution in [-0.2, 0) is 0 Å². The van der Waals surface area contributed by atoms with E-state index in [0.717, 1.165) is 17.0 Å². The Balaban J connectivity index is 2.58. The van der Waals surface area contributed by atoms with Crippen molar-refractivity contribution in [3.8, 4) is 17.1 Å². The van der Waals surface area contributed by atoms with Gasteiger partial charge in [-0.1, -0.05) is 23.7 Å². The van der Waals surface area contributed by atoms with Crippen molar-refractivity contribution < 1.29 is 4.74 Å². The summed E-state index contributed by atoms with van der Waals surface area (Å²) in [7, 11) is 1.62. The molecule has 2 rings (SSSR count). The largest absolute Gasteiger partial charge is 0.496 e. The van der Waals surface area contributed by atoms with Crippen LogP contribution >= 0.6 is 11.6 Å². The van der Waals surface area contributed by atoms with Crippen molar-refractivity contribution in [1.82, 2.24) is 9.97 Å². The summed E-state index contributed by atoms with van der Waals surface area (Å²) in [5, 5.41) is 0.438. The number of hydrogen-bond acceptors (Lipinski definition) is 3. The van der Waals surface area contributed by atoms with Gasteiger partial charge in [-0.05, 0) is 25.1 Å². The summed E-state index contributed by atoms with van der Waals surface area (Å²) in [6, 6.07) is 9.32. The second kappa shape index (κ2) is 4.49. The molecule has 1 aromatic carbocycles. The van der Waals surface area contributed by atoms with Crippen LogP contribution in [0.1, 0.15) is 5.69 Å². The lowest BCUT2D eigenvalue weighted by Crippen LogP contribution is -1.94. The molecule has 1 heterocycles. The van der Waals surface area contributed by atoms with E-state index < -0.39 is 0 Å². The zero-order chi connectivity index (χ0) is 11.5. The molecule has 1 aromatic heterocycles. The fraction of sp³-hybridized carbons (Fsp3) is 0.167. The number of aryl methyl sites for hydroxylation is 1. The van der Waals surface area contributed by atoms with E-state index in [1.54, 1.807) is 13.2 Å². The number of para-hydroxylation sites is 1. The molecule has 0 aliphatic carbocycles. The number of nitrogens with zero attached hydrogens (tertiary/aromatic N) is 2. The molecule has 0 spiro atoms. The highest BCUT2D eigenvalue weighted by molar-refractivity contribution is 6.29. The maximum Gasteiger partial charge on any atom is 0.164 e. The van der Waals surface area contributed by atoms with Gasteiger partial charge in [0.1, 0.15) is 10.9 Å². The molecule has 4 heteroatoms. The highest BCUT2D eigenvalue weighted by Gasteiger charge is 2.08. The fourth-order valence-electron chi connectivity index (χ4n) is 1.48. The van der Waals surface area contributed by atoms with E-state index in [4.69, 9.17) is 16.3 Å². The monoisotopic (exact) mass is 234 g/mol. The molecule has 0 saturated carbocycles. The molecule has 0 aliphatic rings. The molecule has 0 radical (unpaired) electrons. The van der Waals surface area contributed by atoms with E-state index in [1.165, 1.54) is 0 Å². The summed E-state index contributed by atoms with van der Waals surface area (Å²) in [6.45, 7) is 1.88. The molecule has 0 N–H and O–H groups in total. The lowest BCUT2D eigenvalue weighted by atomic mass is 10.2. The van der Waals surface area contributed by atoms with E-state index in [1.807, 2.05) is 31.2 Å². The van der Waals surface area contributed by atoms with Gasteiger partial charge in [-0.25, -0.2) is 9.97 Å². The molecule has 0 unspecified atom stereocenters. The van der Waals surface area contributed by atoms with Crippen LogP contribution in [0, 0.1) is 6.92 Å². The van der Waals surface area contributed by atoms with Gasteiger partial charge in [0, 0.05) is 5.69 Å². The Morgan fingerprint density at radius 2 is 1.94 bits per heavy atom. The van der Waals surface area contributed by atoms with Gasteiger partial charge in [-0.2, -0.15) is 0 Å². The fourth-order valence-corrected chi connectivity index (χ4v) is 1.72. The van der Waals surface area contributed by atoms with E-state index in [-0.39, 0.29) is 0 Å². The quantitative estimate of drug-likeness (QED) is 0.749. The predicted octanol–water partition coefficient (Wildman–Crippen LogP) is 3.11. The molecule has 0 aliphatic heterocycles. The van der Waals surface area contributed by atoms with Gasteiger partial charge in [0.25, 0.3) is 0 Å². The molecule has 0 amide bonds. The van der Waals surface area contributed by atoms with Crippen LogP contribution in [0.5, 0.6) is 5.75 Å². The zero-order valence-electron chi connectivity index (χ0n) is 9.07. The first-order valence-electron chi connectivity index (χ1n) is 4.85. The van der Waals surface area contributed by atoms with Gasteiger partial charge in [0.05, 0.1) is 12.7 Å². The number of methoxy groups -OCH3 is 1. The Morgan fingerprint density at radius 3 is 2.62 bits per heavy atom. The summed E-state index contributed by atoms with van der Waals surface area (Å²) >= 11 is 5.90. The standard InChI is InChI=1S/C12H11ClN2O/c1-8-7-11(13)15-12(14-8)9-5-3-4-6-10(9)16-2/h3-7H,1-2H3. The molecular formula is C12H11ClN2O. The van der Waals surface area contributed by atoms with E-state index in [0.29, 0.717) is 11.0 Å². The maximum atomic E-state index is 5.90. The Morgan fingerprint density at radius 1 is 1.19 bits per heavy atom. The van der Waals surface area contributed by atoms with E-state index >= 15 is 0 Å². The SMILES string of the molecule is COc1ccccc1-c1nc(C)cc(Cl)n1. The highest BCUT2D eigenvalue weighted by atomic mass is 35.5. The number of ether oxygens (including phenoxy) is 1. The van der Waals surface area contributed by atoms with Crippen LogP contribution in [0.4, 0.5) is 0 Å². The summed E-state index contributed by atoms with van der Waals surface area (Å²) in [5.74, 6) is 1.33. The number of halogens is 1. The molecule has 0 bridgehead atoms. The summed E-state index contributed by atoms with van der Waals surface area (Å²) in [6.07, 6.45) is 0. The van der Waals surface area contributed by atoms with Gasteiger partial charge in [0.15, 0.2) is 5.82 Å². The van der Waals surface area contributed by atoms with Gasteiger partial charge >= 0.3 is 0 Å². The molecule has 2 aromatic rings. The Hall–Kier alpha value is -1.61. The minimum absolute atomic E-state index is 0.438. The first-order valence-corrected chi connectivity index (χ1v) is 5.23. The Bertz CT molecular complexity index is 494. The summed E-state index contributed by atoms with van der Waals surface area (Å²) in [5.41, 5.74) is 1.68. The minimum Gasteiger partial charge on any atom is -0.496 e. The first kappa shape index (κ1) is 10.9. The third-order valence-corrected chi connectivity index (χ3v) is 2.36. The van der Waals surface area contributed by atoms with Crippen molar-refractivity contribution in [3.05, 3.63) is 41.2 Å². The summed E-state index contributed by atoms with van der Waals surface area (Å²) in [4.78, 5) is 8.52. The van der Waals surface area contributed by atoms with Crippen LogP contribution in [0.2, 0.25) is 5.15 Å². The van der Waals surface area contributed by atoms with Gasteiger partial charge in [-0.3, -0.25) is 0 Å². The Kier molecular flexibility index (Phi) is 3.06. The normalized spacial score (nSPS) is 10.2. The topological polar surface area (TPSA) is 35.0 Å². The predicted molar refractivity (Wildman–Crippen MR) is 63.8 cm³/mol. The highest BCUT2D eigenvalue weighted by Crippen LogP contribution is 2.27. The molecule has 3 nitrogen and oxygen atoms in total. The lowest BCUT2D eigenvalue weighted by molar-refractivity contribution is 0.416. The average molecular weight is 235 g/mol. The van der Waals surface area contributed by atoms with Crippen LogP contribution in [0.25, 0.3) is 11.4 Å². The van der Waals surface area contributed by atoms with Crippen molar-refractivity contribution in [2.45, 2.75) is 6.92 Å². The minimum atomic E-state index is 0.438. The second-order valence-electron chi connectivity index (χ2n) is 3.36. The van der Waals surface area contributed by atoms with E-state index in [9.17, 15) is 0 Å². The van der Waals surface area contributed by atoms with Crippen LogP contribution in [-0.4, -0.2) is 17.1 Å². The molecule has 0 fully saturated rings.